The van der Waals surface area contributed by atoms with Gasteiger partial charge in [-0.15, -0.1) is 0 Å². The van der Waals surface area contributed by atoms with Crippen molar-refractivity contribution in [2.75, 3.05) is 18.5 Å². The van der Waals surface area contributed by atoms with E-state index in [1.165, 1.54) is 36.8 Å². The van der Waals surface area contributed by atoms with Gasteiger partial charge in [0, 0.05) is 30.9 Å². The standard InChI is InChI=1S/C25H31N3O5/c1-4-5-6-7-8-14-26-25(31)27(3)21-11-9-10-20(17-21)22-13-12-19(15-18(2)24(29)30)16-23(22)28(32)33/h9-13,15-17H,4-8,14H2,1-3H3,(H,26,31)(H,29,30)/b18-15+. The Morgan fingerprint density at radius 3 is 2.52 bits per heavy atom. The Kier molecular flexibility index (Phi) is 9.60. The molecule has 33 heavy (non-hydrogen) atoms. The summed E-state index contributed by atoms with van der Waals surface area (Å²) in [6.45, 7) is 4.19. The minimum absolute atomic E-state index is 0.0806. The lowest BCUT2D eigenvalue weighted by Crippen LogP contribution is -2.37. The van der Waals surface area contributed by atoms with Crippen LogP contribution in [0.1, 0.15) is 51.5 Å². The van der Waals surface area contributed by atoms with E-state index < -0.39 is 10.9 Å². The second kappa shape index (κ2) is 12.4. The molecule has 2 aromatic rings. The molecule has 0 spiro atoms. The summed E-state index contributed by atoms with van der Waals surface area (Å²) < 4.78 is 0. The van der Waals surface area contributed by atoms with Gasteiger partial charge >= 0.3 is 12.0 Å². The highest BCUT2D eigenvalue weighted by Crippen LogP contribution is 2.33. The van der Waals surface area contributed by atoms with Crippen LogP contribution in [-0.4, -0.2) is 35.6 Å². The van der Waals surface area contributed by atoms with Gasteiger partial charge in [0.05, 0.1) is 10.5 Å². The van der Waals surface area contributed by atoms with Crippen LogP contribution in [0.15, 0.2) is 48.0 Å². The van der Waals surface area contributed by atoms with Gasteiger partial charge in [0.2, 0.25) is 0 Å². The average Bonchev–Trinajstić information content (AvgIpc) is 2.80. The molecule has 2 aromatic carbocycles. The predicted molar refractivity (Wildman–Crippen MR) is 130 cm³/mol. The monoisotopic (exact) mass is 453 g/mol. The Balaban J connectivity index is 2.20. The molecule has 0 fully saturated rings. The number of carboxylic acids is 1. The van der Waals surface area contributed by atoms with Crippen molar-refractivity contribution in [3.05, 3.63) is 63.7 Å². The van der Waals surface area contributed by atoms with Crippen LogP contribution in [0.3, 0.4) is 0 Å². The maximum Gasteiger partial charge on any atom is 0.331 e. The summed E-state index contributed by atoms with van der Waals surface area (Å²) in [7, 11) is 1.66. The number of nitro benzene ring substituents is 1. The van der Waals surface area contributed by atoms with Crippen LogP contribution in [0.5, 0.6) is 0 Å². The highest BCUT2D eigenvalue weighted by molar-refractivity contribution is 5.93. The number of nitrogens with one attached hydrogen (secondary N) is 1. The molecule has 8 nitrogen and oxygen atoms in total. The Labute approximate surface area is 194 Å². The highest BCUT2D eigenvalue weighted by Gasteiger charge is 2.18. The number of unbranched alkanes of at least 4 members (excludes halogenated alkanes) is 4. The van der Waals surface area contributed by atoms with E-state index in [1.54, 1.807) is 43.4 Å². The van der Waals surface area contributed by atoms with E-state index >= 15 is 0 Å². The van der Waals surface area contributed by atoms with Crippen molar-refractivity contribution >= 4 is 29.5 Å². The molecule has 0 aliphatic heterocycles. The van der Waals surface area contributed by atoms with E-state index in [4.69, 9.17) is 5.11 Å². The van der Waals surface area contributed by atoms with Crippen LogP contribution in [0.2, 0.25) is 0 Å². The number of aliphatic carboxylic acids is 1. The van der Waals surface area contributed by atoms with Crippen molar-refractivity contribution in [3.8, 4) is 11.1 Å². The van der Waals surface area contributed by atoms with Crippen LogP contribution in [0, 0.1) is 10.1 Å². The largest absolute Gasteiger partial charge is 0.478 e. The molecule has 0 bridgehead atoms. The van der Waals surface area contributed by atoms with Crippen LogP contribution < -0.4 is 10.2 Å². The number of anilines is 1. The summed E-state index contributed by atoms with van der Waals surface area (Å²) in [4.78, 5) is 36.2. The van der Waals surface area contributed by atoms with Crippen LogP contribution in [0.4, 0.5) is 16.2 Å². The van der Waals surface area contributed by atoms with Gasteiger partial charge in [-0.05, 0) is 48.7 Å². The average molecular weight is 454 g/mol. The van der Waals surface area contributed by atoms with Crippen LogP contribution in [-0.2, 0) is 4.79 Å². The maximum absolute atomic E-state index is 12.5. The highest BCUT2D eigenvalue weighted by atomic mass is 16.6. The van der Waals surface area contributed by atoms with E-state index in [9.17, 15) is 19.7 Å². The van der Waals surface area contributed by atoms with Crippen molar-refractivity contribution in [1.29, 1.82) is 0 Å². The first-order chi connectivity index (χ1) is 15.7. The lowest BCUT2D eigenvalue weighted by molar-refractivity contribution is -0.384. The van der Waals surface area contributed by atoms with Gasteiger partial charge in [0.15, 0.2) is 0 Å². The molecule has 2 rings (SSSR count). The van der Waals surface area contributed by atoms with E-state index in [0.29, 0.717) is 28.9 Å². The van der Waals surface area contributed by atoms with Gasteiger partial charge in [0.1, 0.15) is 0 Å². The predicted octanol–water partition coefficient (Wildman–Crippen LogP) is 5.87. The molecule has 0 heterocycles. The number of nitrogens with zero attached hydrogens (tertiary/aromatic N) is 2. The smallest absolute Gasteiger partial charge is 0.331 e. The summed E-state index contributed by atoms with van der Waals surface area (Å²) in [6.07, 6.45) is 6.92. The van der Waals surface area contributed by atoms with Gasteiger partial charge in [-0.3, -0.25) is 15.0 Å². The topological polar surface area (TPSA) is 113 Å². The minimum atomic E-state index is -1.09. The number of nitro groups is 1. The van der Waals surface area contributed by atoms with Crippen molar-refractivity contribution in [2.24, 2.45) is 0 Å². The molecule has 2 N–H and O–H groups in total. The summed E-state index contributed by atoms with van der Waals surface area (Å²) in [6, 6.07) is 11.3. The minimum Gasteiger partial charge on any atom is -0.478 e. The zero-order valence-corrected chi connectivity index (χ0v) is 19.3. The number of rotatable bonds is 11. The summed E-state index contributed by atoms with van der Waals surface area (Å²) in [5.74, 6) is -1.09. The van der Waals surface area contributed by atoms with Gasteiger partial charge < -0.3 is 10.4 Å². The van der Waals surface area contributed by atoms with Crippen LogP contribution in [0.25, 0.3) is 17.2 Å². The molecule has 0 aliphatic rings. The fourth-order valence-electron chi connectivity index (χ4n) is 3.39. The number of urea groups is 1. The van der Waals surface area contributed by atoms with E-state index in [1.807, 2.05) is 0 Å². The normalized spacial score (nSPS) is 11.2. The quantitative estimate of drug-likeness (QED) is 0.191. The third-order valence-electron chi connectivity index (χ3n) is 5.34. The molecule has 0 aliphatic carbocycles. The zero-order valence-electron chi connectivity index (χ0n) is 19.3. The second-order valence-electron chi connectivity index (χ2n) is 7.92. The van der Waals surface area contributed by atoms with E-state index in [2.05, 4.69) is 12.2 Å². The summed E-state index contributed by atoms with van der Waals surface area (Å²) in [5, 5.41) is 23.7. The van der Waals surface area contributed by atoms with E-state index in [0.717, 1.165) is 19.3 Å². The Morgan fingerprint density at radius 2 is 1.85 bits per heavy atom. The molecule has 0 aromatic heterocycles. The molecule has 0 saturated heterocycles. The Morgan fingerprint density at radius 1 is 1.12 bits per heavy atom. The number of benzene rings is 2. The lowest BCUT2D eigenvalue weighted by atomic mass is 10.00. The lowest BCUT2D eigenvalue weighted by Gasteiger charge is -2.19. The van der Waals surface area contributed by atoms with Gasteiger partial charge in [0.25, 0.3) is 5.69 Å². The fraction of sp³-hybridized carbons (Fsp3) is 0.360. The van der Waals surface area contributed by atoms with E-state index in [-0.39, 0.29) is 17.3 Å². The van der Waals surface area contributed by atoms with Crippen molar-refractivity contribution in [1.82, 2.24) is 5.32 Å². The zero-order chi connectivity index (χ0) is 24.4. The molecule has 0 unspecified atom stereocenters. The number of carboxylic acid groups (broad SMARTS) is 1. The first-order valence-corrected chi connectivity index (χ1v) is 11.1. The number of hydrogen-bond donors (Lipinski definition) is 2. The Bertz CT molecular complexity index is 1030. The number of amides is 2. The molecule has 0 atom stereocenters. The molecule has 0 saturated carbocycles. The number of hydrogen-bond acceptors (Lipinski definition) is 4. The van der Waals surface area contributed by atoms with Gasteiger partial charge in [-0.25, -0.2) is 9.59 Å². The molecular weight excluding hydrogens is 422 g/mol. The van der Waals surface area contributed by atoms with Gasteiger partial charge in [-0.2, -0.15) is 0 Å². The van der Waals surface area contributed by atoms with Gasteiger partial charge in [-0.1, -0.05) is 50.8 Å². The third-order valence-corrected chi connectivity index (χ3v) is 5.34. The second-order valence-corrected chi connectivity index (χ2v) is 7.92. The summed E-state index contributed by atoms with van der Waals surface area (Å²) in [5.41, 5.74) is 1.95. The first kappa shape index (κ1) is 25.6. The number of carbonyl (C=O) groups excluding carboxylic acids is 1. The molecular formula is C25H31N3O5. The fourth-order valence-corrected chi connectivity index (χ4v) is 3.39. The third kappa shape index (κ3) is 7.45. The first-order valence-electron chi connectivity index (χ1n) is 11.1. The van der Waals surface area contributed by atoms with Crippen molar-refractivity contribution in [2.45, 2.75) is 46.0 Å². The van der Waals surface area contributed by atoms with Crippen LogP contribution >= 0.6 is 0 Å². The molecule has 2 amide bonds. The molecule has 176 valence electrons. The number of carbonyl (C=O) groups is 2. The molecule has 0 radical (unpaired) electrons. The summed E-state index contributed by atoms with van der Waals surface area (Å²) >= 11 is 0. The maximum atomic E-state index is 12.5. The molecule has 8 heteroatoms. The van der Waals surface area contributed by atoms with Crippen molar-refractivity contribution in [3.63, 3.8) is 0 Å². The Hall–Kier alpha value is -3.68. The van der Waals surface area contributed by atoms with Crippen molar-refractivity contribution < 1.29 is 19.6 Å². The SMILES string of the molecule is CCCCCCCNC(=O)N(C)c1cccc(-c2ccc(/C=C(\C)C(=O)O)cc2[N+](=O)[O-])c1.